The summed E-state index contributed by atoms with van der Waals surface area (Å²) < 4.78 is 5.87. The van der Waals surface area contributed by atoms with Crippen LogP contribution in [0.5, 0.6) is 5.75 Å². The van der Waals surface area contributed by atoms with Gasteiger partial charge in [0.2, 0.25) is 0 Å². The summed E-state index contributed by atoms with van der Waals surface area (Å²) in [4.78, 5) is 14.7. The Labute approximate surface area is 133 Å². The smallest absolute Gasteiger partial charge is 0.254 e. The summed E-state index contributed by atoms with van der Waals surface area (Å²) in [5.41, 5.74) is 2.94. The Kier molecular flexibility index (Phi) is 5.83. The van der Waals surface area contributed by atoms with Crippen molar-refractivity contribution >= 4 is 5.91 Å². The van der Waals surface area contributed by atoms with E-state index < -0.39 is 0 Å². The van der Waals surface area contributed by atoms with E-state index in [1.807, 2.05) is 24.0 Å². The van der Waals surface area contributed by atoms with Gasteiger partial charge in [0, 0.05) is 31.7 Å². The lowest BCUT2D eigenvalue weighted by molar-refractivity contribution is 0.0735. The first kappa shape index (κ1) is 16.8. The maximum atomic E-state index is 12.8. The van der Waals surface area contributed by atoms with Crippen molar-refractivity contribution in [3.05, 3.63) is 28.8 Å². The van der Waals surface area contributed by atoms with Crippen LogP contribution in [-0.2, 0) is 0 Å². The van der Waals surface area contributed by atoms with E-state index in [0.717, 1.165) is 55.0 Å². The number of piperazine rings is 1. The molecule has 1 N–H and O–H groups in total. The number of hydrogen-bond donors (Lipinski definition) is 1. The van der Waals surface area contributed by atoms with Gasteiger partial charge in [0.1, 0.15) is 5.75 Å². The first-order chi connectivity index (χ1) is 10.5. The number of carbonyl (C=O) groups excluding carboxylic acids is 1. The van der Waals surface area contributed by atoms with E-state index in [4.69, 9.17) is 4.74 Å². The zero-order valence-corrected chi connectivity index (χ0v) is 14.2. The molecule has 0 spiro atoms. The van der Waals surface area contributed by atoms with Crippen molar-refractivity contribution in [2.75, 3.05) is 32.8 Å². The molecule has 1 aromatic carbocycles. The van der Waals surface area contributed by atoms with Crippen LogP contribution >= 0.6 is 0 Å². The van der Waals surface area contributed by atoms with Crippen LogP contribution in [0.15, 0.2) is 12.1 Å². The van der Waals surface area contributed by atoms with Gasteiger partial charge in [0.05, 0.1) is 6.61 Å². The number of ether oxygens (including phenoxy) is 1. The molecular weight excluding hydrogens is 276 g/mol. The largest absolute Gasteiger partial charge is 0.493 e. The summed E-state index contributed by atoms with van der Waals surface area (Å²) in [5.74, 6) is 1.40. The van der Waals surface area contributed by atoms with Crippen LogP contribution in [0, 0.1) is 6.92 Å². The fourth-order valence-corrected chi connectivity index (χ4v) is 2.76. The highest BCUT2D eigenvalue weighted by Crippen LogP contribution is 2.30. The van der Waals surface area contributed by atoms with Gasteiger partial charge in [-0.25, -0.2) is 0 Å². The minimum atomic E-state index is 0.142. The molecule has 0 saturated carbocycles. The Morgan fingerprint density at radius 3 is 2.59 bits per heavy atom. The van der Waals surface area contributed by atoms with Crippen LogP contribution in [0.1, 0.15) is 54.6 Å². The van der Waals surface area contributed by atoms with Crippen molar-refractivity contribution in [3.8, 4) is 5.75 Å². The molecule has 0 aromatic heterocycles. The number of rotatable bonds is 5. The average molecular weight is 304 g/mol. The number of carbonyl (C=O) groups is 1. The Morgan fingerprint density at radius 2 is 2.00 bits per heavy atom. The Balaban J connectivity index is 2.31. The van der Waals surface area contributed by atoms with Gasteiger partial charge in [0.15, 0.2) is 0 Å². The Morgan fingerprint density at radius 1 is 1.32 bits per heavy atom. The summed E-state index contributed by atoms with van der Waals surface area (Å²) in [5, 5.41) is 3.28. The quantitative estimate of drug-likeness (QED) is 0.909. The van der Waals surface area contributed by atoms with Gasteiger partial charge >= 0.3 is 0 Å². The lowest BCUT2D eigenvalue weighted by Gasteiger charge is -2.28. The highest BCUT2D eigenvalue weighted by molar-refractivity contribution is 5.96. The monoisotopic (exact) mass is 304 g/mol. The summed E-state index contributed by atoms with van der Waals surface area (Å²) in [6, 6.07) is 4.07. The molecule has 1 saturated heterocycles. The molecule has 0 aliphatic carbocycles. The minimum absolute atomic E-state index is 0.142. The second-order valence-electron chi connectivity index (χ2n) is 6.25. The van der Waals surface area contributed by atoms with Crippen molar-refractivity contribution < 1.29 is 9.53 Å². The van der Waals surface area contributed by atoms with Crippen molar-refractivity contribution in [1.29, 1.82) is 0 Å². The van der Waals surface area contributed by atoms with Gasteiger partial charge in [0.25, 0.3) is 5.91 Å². The molecule has 1 heterocycles. The van der Waals surface area contributed by atoms with E-state index in [0.29, 0.717) is 12.5 Å². The van der Waals surface area contributed by atoms with E-state index >= 15 is 0 Å². The van der Waals surface area contributed by atoms with Crippen LogP contribution < -0.4 is 10.1 Å². The maximum absolute atomic E-state index is 12.8. The van der Waals surface area contributed by atoms with Crippen molar-refractivity contribution in [1.82, 2.24) is 10.2 Å². The second-order valence-corrected chi connectivity index (χ2v) is 6.25. The Hall–Kier alpha value is -1.55. The molecule has 0 atom stereocenters. The maximum Gasteiger partial charge on any atom is 0.254 e. The Bertz CT molecular complexity index is 520. The third kappa shape index (κ3) is 3.80. The molecule has 1 aliphatic heterocycles. The second kappa shape index (κ2) is 7.63. The summed E-state index contributed by atoms with van der Waals surface area (Å²) in [7, 11) is 0. The molecule has 4 nitrogen and oxygen atoms in total. The number of aryl methyl sites for hydroxylation is 1. The summed E-state index contributed by atoms with van der Waals surface area (Å²) in [6.45, 7) is 12.4. The van der Waals surface area contributed by atoms with E-state index in [1.54, 1.807) is 0 Å². The molecular formula is C18H28N2O2. The minimum Gasteiger partial charge on any atom is -0.493 e. The van der Waals surface area contributed by atoms with Gasteiger partial charge in [-0.2, -0.15) is 0 Å². The van der Waals surface area contributed by atoms with Crippen LogP contribution in [-0.4, -0.2) is 43.6 Å². The molecule has 0 bridgehead atoms. The van der Waals surface area contributed by atoms with E-state index in [-0.39, 0.29) is 5.91 Å². The van der Waals surface area contributed by atoms with Crippen LogP contribution in [0.25, 0.3) is 0 Å². The molecule has 1 aromatic rings. The predicted octanol–water partition coefficient (Wildman–Crippen LogP) is 2.95. The molecule has 0 unspecified atom stereocenters. The molecule has 22 heavy (non-hydrogen) atoms. The third-order valence-electron chi connectivity index (χ3n) is 4.08. The van der Waals surface area contributed by atoms with E-state index in [2.05, 4.69) is 26.1 Å². The first-order valence-corrected chi connectivity index (χ1v) is 8.32. The van der Waals surface area contributed by atoms with Crippen molar-refractivity contribution in [3.63, 3.8) is 0 Å². The van der Waals surface area contributed by atoms with E-state index in [1.165, 1.54) is 0 Å². The molecule has 1 fully saturated rings. The summed E-state index contributed by atoms with van der Waals surface area (Å²) in [6.07, 6.45) is 0.984. The number of nitrogens with zero attached hydrogens (tertiary/aromatic N) is 1. The average Bonchev–Trinajstić information content (AvgIpc) is 2.52. The lowest BCUT2D eigenvalue weighted by Crippen LogP contribution is -2.46. The standard InChI is InChI=1S/C18H28N2O2/c1-5-10-22-17-11-14(4)16(12-15(17)13(2)3)18(21)20-8-6-19-7-9-20/h11-13,19H,5-10H2,1-4H3. The third-order valence-corrected chi connectivity index (χ3v) is 4.08. The van der Waals surface area contributed by atoms with Gasteiger partial charge in [-0.05, 0) is 42.5 Å². The highest BCUT2D eigenvalue weighted by atomic mass is 16.5. The number of nitrogens with one attached hydrogen (secondary N) is 1. The number of amides is 1. The molecule has 1 amide bonds. The van der Waals surface area contributed by atoms with Crippen LogP contribution in [0.3, 0.4) is 0 Å². The lowest BCUT2D eigenvalue weighted by atomic mass is 9.95. The SMILES string of the molecule is CCCOc1cc(C)c(C(=O)N2CCNCC2)cc1C(C)C. The predicted molar refractivity (Wildman–Crippen MR) is 89.8 cm³/mol. The topological polar surface area (TPSA) is 41.6 Å². The molecule has 2 rings (SSSR count). The fourth-order valence-electron chi connectivity index (χ4n) is 2.76. The molecule has 1 aliphatic rings. The van der Waals surface area contributed by atoms with Gasteiger partial charge in [-0.15, -0.1) is 0 Å². The molecule has 122 valence electrons. The number of hydrogen-bond acceptors (Lipinski definition) is 3. The van der Waals surface area contributed by atoms with Gasteiger partial charge < -0.3 is 15.0 Å². The van der Waals surface area contributed by atoms with Crippen LogP contribution in [0.2, 0.25) is 0 Å². The molecule has 4 heteroatoms. The van der Waals surface area contributed by atoms with Gasteiger partial charge in [-0.1, -0.05) is 20.8 Å². The van der Waals surface area contributed by atoms with Crippen molar-refractivity contribution in [2.24, 2.45) is 0 Å². The molecule has 0 radical (unpaired) electrons. The van der Waals surface area contributed by atoms with E-state index in [9.17, 15) is 4.79 Å². The zero-order chi connectivity index (χ0) is 16.1. The number of benzene rings is 1. The van der Waals surface area contributed by atoms with Crippen molar-refractivity contribution in [2.45, 2.75) is 40.0 Å². The van der Waals surface area contributed by atoms with Crippen LogP contribution in [0.4, 0.5) is 0 Å². The van der Waals surface area contributed by atoms with Gasteiger partial charge in [-0.3, -0.25) is 4.79 Å². The summed E-state index contributed by atoms with van der Waals surface area (Å²) >= 11 is 0. The highest BCUT2D eigenvalue weighted by Gasteiger charge is 2.22. The normalized spacial score (nSPS) is 15.2. The first-order valence-electron chi connectivity index (χ1n) is 8.32. The fraction of sp³-hybridized carbons (Fsp3) is 0.611. The zero-order valence-electron chi connectivity index (χ0n) is 14.2.